The number of amides is 1. The Labute approximate surface area is 186 Å². The molecule has 0 spiro atoms. The maximum absolute atomic E-state index is 12.9. The molecule has 3 rings (SSSR count). The van der Waals surface area contributed by atoms with Gasteiger partial charge in [0.05, 0.1) is 0 Å². The first-order valence-corrected chi connectivity index (χ1v) is 11.6. The molecule has 0 aliphatic carbocycles. The summed E-state index contributed by atoms with van der Waals surface area (Å²) in [5, 5.41) is 3.07. The fourth-order valence-electron chi connectivity index (χ4n) is 4.86. The molecule has 2 heterocycles. The highest BCUT2D eigenvalue weighted by Gasteiger charge is 2.28. The number of hydrogen-bond acceptors (Lipinski definition) is 2. The Morgan fingerprint density at radius 2 is 1.65 bits per heavy atom. The van der Waals surface area contributed by atoms with Gasteiger partial charge in [-0.05, 0) is 51.8 Å². The van der Waals surface area contributed by atoms with Crippen LogP contribution in [0.25, 0.3) is 0 Å². The van der Waals surface area contributed by atoms with Gasteiger partial charge in [0.25, 0.3) is 5.91 Å². The maximum atomic E-state index is 12.9. The van der Waals surface area contributed by atoms with Crippen LogP contribution in [-0.4, -0.2) is 55.5 Å². The van der Waals surface area contributed by atoms with Crippen molar-refractivity contribution in [1.29, 1.82) is 0 Å². The van der Waals surface area contributed by atoms with Crippen molar-refractivity contribution in [3.8, 4) is 0 Å². The van der Waals surface area contributed by atoms with Crippen LogP contribution in [0.3, 0.4) is 0 Å². The van der Waals surface area contributed by atoms with Crippen LogP contribution >= 0.6 is 0 Å². The summed E-state index contributed by atoms with van der Waals surface area (Å²) in [4.78, 5) is 28.1. The lowest BCUT2D eigenvalue weighted by atomic mass is 10.1. The quantitative estimate of drug-likeness (QED) is 0.548. The number of quaternary nitrogens is 2. The van der Waals surface area contributed by atoms with Crippen molar-refractivity contribution in [1.82, 2.24) is 4.57 Å². The number of nitrogens with zero attached hydrogens (tertiary/aromatic N) is 1. The van der Waals surface area contributed by atoms with Crippen LogP contribution < -0.4 is 15.1 Å². The molecule has 31 heavy (non-hydrogen) atoms. The lowest BCUT2D eigenvalue weighted by Crippen LogP contribution is -3.28. The number of anilines is 1. The van der Waals surface area contributed by atoms with Gasteiger partial charge < -0.3 is 19.7 Å². The van der Waals surface area contributed by atoms with Crippen LogP contribution in [0, 0.1) is 13.8 Å². The molecule has 1 aromatic carbocycles. The van der Waals surface area contributed by atoms with Crippen molar-refractivity contribution in [2.24, 2.45) is 0 Å². The van der Waals surface area contributed by atoms with Crippen molar-refractivity contribution < 1.29 is 19.4 Å². The van der Waals surface area contributed by atoms with E-state index in [0.717, 1.165) is 60.8 Å². The lowest BCUT2D eigenvalue weighted by molar-refractivity contribution is -1.00. The van der Waals surface area contributed by atoms with Gasteiger partial charge in [-0.3, -0.25) is 9.59 Å². The molecule has 168 valence electrons. The number of benzene rings is 1. The van der Waals surface area contributed by atoms with Crippen molar-refractivity contribution in [3.63, 3.8) is 0 Å². The Bertz CT molecular complexity index is 924. The molecule has 0 radical (unpaired) electrons. The van der Waals surface area contributed by atoms with Crippen LogP contribution in [0.4, 0.5) is 5.69 Å². The number of aryl methyl sites for hydroxylation is 2. The Morgan fingerprint density at radius 1 is 1.03 bits per heavy atom. The third-order valence-corrected chi connectivity index (χ3v) is 6.46. The molecule has 1 aliphatic rings. The molecule has 1 saturated heterocycles. The minimum absolute atomic E-state index is 0.0663. The standard InChI is InChI=1S/C25H36N4O2/c1-6-21-9-7-8-10-23(21)26-25(31)17-28-13-11-27(12-14-28)16-24(30)22-15-19(4)29(18(2)3)20(22)5/h7-10,15,18H,6,11-14,16-17H2,1-5H3,(H,26,31)/p+2. The zero-order valence-corrected chi connectivity index (χ0v) is 19.7. The molecule has 3 N–H and O–H groups in total. The van der Waals surface area contributed by atoms with E-state index in [1.165, 1.54) is 9.80 Å². The number of aromatic nitrogens is 1. The van der Waals surface area contributed by atoms with E-state index < -0.39 is 0 Å². The summed E-state index contributed by atoms with van der Waals surface area (Å²) in [6.45, 7) is 15.2. The third kappa shape index (κ3) is 5.63. The third-order valence-electron chi connectivity index (χ3n) is 6.46. The van der Waals surface area contributed by atoms with Gasteiger partial charge in [-0.2, -0.15) is 0 Å². The highest BCUT2D eigenvalue weighted by Crippen LogP contribution is 2.20. The number of Topliss-reactive ketones (excluding diaryl/α,β-unsaturated/α-hetero) is 1. The molecule has 1 fully saturated rings. The van der Waals surface area contributed by atoms with Crippen LogP contribution in [0.1, 0.15) is 54.1 Å². The van der Waals surface area contributed by atoms with Gasteiger partial charge in [0.1, 0.15) is 32.7 Å². The van der Waals surface area contributed by atoms with Crippen molar-refractivity contribution in [2.45, 2.75) is 47.1 Å². The van der Waals surface area contributed by atoms with E-state index in [2.05, 4.69) is 43.6 Å². The van der Waals surface area contributed by atoms with Crippen LogP contribution in [-0.2, 0) is 11.2 Å². The van der Waals surface area contributed by atoms with E-state index in [-0.39, 0.29) is 11.7 Å². The molecule has 1 aliphatic heterocycles. The summed E-state index contributed by atoms with van der Waals surface area (Å²) in [6, 6.07) is 10.4. The fourth-order valence-corrected chi connectivity index (χ4v) is 4.86. The summed E-state index contributed by atoms with van der Waals surface area (Å²) in [5.41, 5.74) is 5.17. The number of piperazine rings is 1. The van der Waals surface area contributed by atoms with E-state index in [1.54, 1.807) is 0 Å². The first-order chi connectivity index (χ1) is 14.8. The lowest BCUT2D eigenvalue weighted by Gasteiger charge is -2.29. The average molecular weight is 427 g/mol. The van der Waals surface area contributed by atoms with Crippen molar-refractivity contribution >= 4 is 17.4 Å². The largest absolute Gasteiger partial charge is 0.346 e. The smallest absolute Gasteiger partial charge is 0.279 e. The predicted octanol–water partition coefficient (Wildman–Crippen LogP) is 0.853. The average Bonchev–Trinajstić information content (AvgIpc) is 3.04. The number of para-hydroxylation sites is 1. The molecule has 2 aromatic rings. The van der Waals surface area contributed by atoms with Gasteiger partial charge >= 0.3 is 0 Å². The number of hydrogen-bond donors (Lipinski definition) is 3. The second-order valence-electron chi connectivity index (χ2n) is 9.08. The van der Waals surface area contributed by atoms with Gasteiger partial charge in [0.15, 0.2) is 6.54 Å². The number of rotatable bonds is 8. The normalized spacial score (nSPS) is 18.9. The summed E-state index contributed by atoms with van der Waals surface area (Å²) in [6.07, 6.45) is 0.902. The monoisotopic (exact) mass is 426 g/mol. The van der Waals surface area contributed by atoms with E-state index in [9.17, 15) is 9.59 Å². The van der Waals surface area contributed by atoms with Gasteiger partial charge in [0.2, 0.25) is 5.78 Å². The number of carbonyl (C=O) groups excluding carboxylic acids is 2. The molecule has 1 amide bonds. The van der Waals surface area contributed by atoms with E-state index >= 15 is 0 Å². The van der Waals surface area contributed by atoms with Crippen LogP contribution in [0.5, 0.6) is 0 Å². The number of carbonyl (C=O) groups is 2. The number of ketones is 1. The van der Waals surface area contributed by atoms with Crippen molar-refractivity contribution in [2.75, 3.05) is 44.6 Å². The molecular formula is C25H38N4O2+2. The highest BCUT2D eigenvalue weighted by atomic mass is 16.2. The molecule has 0 saturated carbocycles. The first-order valence-electron chi connectivity index (χ1n) is 11.6. The molecule has 1 aromatic heterocycles. The maximum Gasteiger partial charge on any atom is 0.279 e. The molecular weight excluding hydrogens is 388 g/mol. The molecule has 0 unspecified atom stereocenters. The molecule has 6 nitrogen and oxygen atoms in total. The Hall–Kier alpha value is -2.44. The van der Waals surface area contributed by atoms with E-state index in [0.29, 0.717) is 19.1 Å². The highest BCUT2D eigenvalue weighted by molar-refractivity contribution is 5.98. The van der Waals surface area contributed by atoms with Crippen LogP contribution in [0.15, 0.2) is 30.3 Å². The Kier molecular flexibility index (Phi) is 7.68. The fraction of sp³-hybridized carbons (Fsp3) is 0.520. The zero-order chi connectivity index (χ0) is 22.5. The SMILES string of the molecule is CCc1ccccc1NC(=O)C[NH+]1CC[NH+](CC(=O)c2cc(C)n(C(C)C)c2C)CC1. The van der Waals surface area contributed by atoms with Gasteiger partial charge in [-0.15, -0.1) is 0 Å². The van der Waals surface area contributed by atoms with E-state index in [1.807, 2.05) is 31.2 Å². The minimum atomic E-state index is 0.0663. The van der Waals surface area contributed by atoms with Gasteiger partial charge in [-0.25, -0.2) is 0 Å². The molecule has 0 atom stereocenters. The van der Waals surface area contributed by atoms with Gasteiger partial charge in [0, 0.05) is 28.7 Å². The summed E-state index contributed by atoms with van der Waals surface area (Å²) < 4.78 is 2.24. The summed E-state index contributed by atoms with van der Waals surface area (Å²) >= 11 is 0. The minimum Gasteiger partial charge on any atom is -0.346 e. The molecule has 0 bridgehead atoms. The molecule has 6 heteroatoms. The predicted molar refractivity (Wildman–Crippen MR) is 124 cm³/mol. The first kappa shape index (κ1) is 23.2. The Morgan fingerprint density at radius 3 is 2.23 bits per heavy atom. The number of nitrogens with one attached hydrogen (secondary N) is 3. The Balaban J connectivity index is 1.49. The summed E-state index contributed by atoms with van der Waals surface area (Å²) in [5.74, 6) is 0.295. The second-order valence-corrected chi connectivity index (χ2v) is 9.08. The van der Waals surface area contributed by atoms with Crippen LogP contribution in [0.2, 0.25) is 0 Å². The van der Waals surface area contributed by atoms with Crippen molar-refractivity contribution in [3.05, 3.63) is 52.8 Å². The zero-order valence-electron chi connectivity index (χ0n) is 19.7. The van der Waals surface area contributed by atoms with Gasteiger partial charge in [-0.1, -0.05) is 25.1 Å². The topological polar surface area (TPSA) is 60.0 Å². The second kappa shape index (κ2) is 10.2. The summed E-state index contributed by atoms with van der Waals surface area (Å²) in [7, 11) is 0. The van der Waals surface area contributed by atoms with E-state index in [4.69, 9.17) is 0 Å².